The molecule has 158 valence electrons. The Morgan fingerprint density at radius 1 is 1.31 bits per heavy atom. The third-order valence-corrected chi connectivity index (χ3v) is 5.06. The molecule has 2 unspecified atom stereocenters. The van der Waals surface area contributed by atoms with Gasteiger partial charge in [-0.25, -0.2) is 4.68 Å². The van der Waals surface area contributed by atoms with Gasteiger partial charge in [0.15, 0.2) is 0 Å². The maximum absolute atomic E-state index is 13.4. The number of rotatable bonds is 7. The summed E-state index contributed by atoms with van der Waals surface area (Å²) in [5, 5.41) is 14.5. The van der Waals surface area contributed by atoms with Crippen LogP contribution in [0.3, 0.4) is 0 Å². The number of likely N-dealkylation sites (tertiary alicyclic amines) is 1. The number of aryl methyl sites for hydroxylation is 1. The van der Waals surface area contributed by atoms with Gasteiger partial charge in [-0.1, -0.05) is 30.3 Å². The molecule has 2 aromatic rings. The Kier molecular flexibility index (Phi) is 8.53. The van der Waals surface area contributed by atoms with E-state index in [0.717, 1.165) is 18.4 Å². The average molecular weight is 422 g/mol. The van der Waals surface area contributed by atoms with Gasteiger partial charge in [-0.05, 0) is 35.8 Å². The van der Waals surface area contributed by atoms with Crippen molar-refractivity contribution in [3.63, 3.8) is 0 Å². The van der Waals surface area contributed by atoms with Gasteiger partial charge in [-0.15, -0.1) is 17.5 Å². The number of nitrogens with two attached hydrogens (primary N) is 1. The molecule has 2 amide bonds. The van der Waals surface area contributed by atoms with Crippen LogP contribution in [0.4, 0.5) is 0 Å². The van der Waals surface area contributed by atoms with Crippen molar-refractivity contribution in [3.8, 4) is 0 Å². The summed E-state index contributed by atoms with van der Waals surface area (Å²) in [5.74, 6) is 0.275. The summed E-state index contributed by atoms with van der Waals surface area (Å²) in [6.45, 7) is 3.67. The molecule has 1 saturated heterocycles. The Hall–Kier alpha value is -2.52. The molecular weight excluding hydrogens is 394 g/mol. The molecule has 0 spiro atoms. The van der Waals surface area contributed by atoms with Gasteiger partial charge in [0.25, 0.3) is 0 Å². The lowest BCUT2D eigenvalue weighted by Gasteiger charge is -2.34. The lowest BCUT2D eigenvalue weighted by molar-refractivity contribution is -0.139. The van der Waals surface area contributed by atoms with E-state index in [1.807, 2.05) is 30.3 Å². The molecule has 1 aliphatic rings. The van der Waals surface area contributed by atoms with Gasteiger partial charge in [-0.2, -0.15) is 0 Å². The zero-order valence-electron chi connectivity index (χ0n) is 16.5. The molecule has 10 heteroatoms. The van der Waals surface area contributed by atoms with Gasteiger partial charge >= 0.3 is 0 Å². The van der Waals surface area contributed by atoms with Crippen molar-refractivity contribution in [2.24, 2.45) is 11.7 Å². The summed E-state index contributed by atoms with van der Waals surface area (Å²) in [5.41, 5.74) is 6.49. The number of hydrogen-bond donors (Lipinski definition) is 2. The second kappa shape index (κ2) is 10.9. The van der Waals surface area contributed by atoms with Crippen molar-refractivity contribution < 1.29 is 9.59 Å². The van der Waals surface area contributed by atoms with E-state index >= 15 is 0 Å². The van der Waals surface area contributed by atoms with Crippen molar-refractivity contribution in [2.45, 2.75) is 32.2 Å². The first kappa shape index (κ1) is 22.8. The third-order valence-electron chi connectivity index (χ3n) is 5.06. The fraction of sp³-hybridized carbons (Fsp3) is 0.526. The van der Waals surface area contributed by atoms with Crippen LogP contribution in [0.2, 0.25) is 0 Å². The average Bonchev–Trinajstić information content (AvgIpc) is 3.16. The number of benzene rings is 1. The van der Waals surface area contributed by atoms with E-state index in [2.05, 4.69) is 20.8 Å². The van der Waals surface area contributed by atoms with Crippen molar-refractivity contribution in [3.05, 3.63) is 41.7 Å². The predicted molar refractivity (Wildman–Crippen MR) is 110 cm³/mol. The van der Waals surface area contributed by atoms with E-state index in [4.69, 9.17) is 5.73 Å². The SMILES string of the molecule is Cc1nnnn1C(Cc1ccccc1)C(=O)N1CCCC(C(=O)NCCN)C1.Cl. The van der Waals surface area contributed by atoms with Crippen molar-refractivity contribution >= 4 is 24.2 Å². The van der Waals surface area contributed by atoms with Gasteiger partial charge in [-0.3, -0.25) is 9.59 Å². The standard InChI is InChI=1S/C19H27N7O2.ClH/c1-14-22-23-24-26(14)17(12-15-6-3-2-4-7-15)19(28)25-11-5-8-16(13-25)18(27)21-10-9-20;/h2-4,6-7,16-17H,5,8-13,20H2,1H3,(H,21,27);1H. The largest absolute Gasteiger partial charge is 0.355 e. The van der Waals surface area contributed by atoms with Crippen LogP contribution < -0.4 is 11.1 Å². The summed E-state index contributed by atoms with van der Waals surface area (Å²) in [7, 11) is 0. The number of carbonyl (C=O) groups is 2. The third kappa shape index (κ3) is 5.74. The van der Waals surface area contributed by atoms with Crippen LogP contribution in [-0.4, -0.2) is 63.1 Å². The zero-order valence-corrected chi connectivity index (χ0v) is 17.3. The smallest absolute Gasteiger partial charge is 0.247 e. The molecule has 0 radical (unpaired) electrons. The zero-order chi connectivity index (χ0) is 19.9. The topological polar surface area (TPSA) is 119 Å². The van der Waals surface area contributed by atoms with E-state index < -0.39 is 6.04 Å². The molecule has 2 heterocycles. The monoisotopic (exact) mass is 421 g/mol. The number of nitrogens with zero attached hydrogens (tertiary/aromatic N) is 5. The number of amides is 2. The first-order valence-corrected chi connectivity index (χ1v) is 9.65. The van der Waals surface area contributed by atoms with Crippen LogP contribution in [0.25, 0.3) is 0 Å². The Morgan fingerprint density at radius 2 is 2.07 bits per heavy atom. The van der Waals surface area contributed by atoms with E-state index in [-0.39, 0.29) is 30.1 Å². The van der Waals surface area contributed by atoms with Gasteiger partial charge < -0.3 is 16.0 Å². The van der Waals surface area contributed by atoms with E-state index in [0.29, 0.717) is 38.4 Å². The summed E-state index contributed by atoms with van der Waals surface area (Å²) < 4.78 is 1.58. The molecule has 9 nitrogen and oxygen atoms in total. The highest BCUT2D eigenvalue weighted by Gasteiger charge is 2.33. The Morgan fingerprint density at radius 3 is 2.72 bits per heavy atom. The molecule has 0 saturated carbocycles. The Balaban J connectivity index is 0.00000300. The highest BCUT2D eigenvalue weighted by Crippen LogP contribution is 2.23. The highest BCUT2D eigenvalue weighted by atomic mass is 35.5. The molecule has 1 aliphatic heterocycles. The van der Waals surface area contributed by atoms with Crippen LogP contribution in [-0.2, 0) is 16.0 Å². The molecule has 1 aromatic heterocycles. The quantitative estimate of drug-likeness (QED) is 0.671. The van der Waals surface area contributed by atoms with Crippen LogP contribution >= 0.6 is 12.4 Å². The number of hydrogen-bond acceptors (Lipinski definition) is 6. The predicted octanol–water partition coefficient (Wildman–Crippen LogP) is 0.501. The fourth-order valence-corrected chi connectivity index (χ4v) is 3.58. The van der Waals surface area contributed by atoms with Gasteiger partial charge in [0.2, 0.25) is 11.8 Å². The number of nitrogens with one attached hydrogen (secondary N) is 1. The summed E-state index contributed by atoms with van der Waals surface area (Å²) in [6, 6.07) is 9.27. The molecule has 1 aromatic carbocycles. The van der Waals surface area contributed by atoms with E-state index in [1.54, 1.807) is 16.5 Å². The fourth-order valence-electron chi connectivity index (χ4n) is 3.58. The molecule has 1 fully saturated rings. The highest BCUT2D eigenvalue weighted by molar-refractivity contribution is 5.85. The number of halogens is 1. The molecule has 3 rings (SSSR count). The number of tetrazole rings is 1. The van der Waals surface area contributed by atoms with E-state index in [9.17, 15) is 9.59 Å². The molecule has 0 aliphatic carbocycles. The lowest BCUT2D eigenvalue weighted by Crippen LogP contribution is -2.48. The summed E-state index contributed by atoms with van der Waals surface area (Å²) in [4.78, 5) is 27.5. The number of carbonyl (C=O) groups excluding carboxylic acids is 2. The minimum absolute atomic E-state index is 0. The normalized spacial score (nSPS) is 17.3. The Labute approximate surface area is 176 Å². The summed E-state index contributed by atoms with van der Waals surface area (Å²) in [6.07, 6.45) is 2.05. The van der Waals surface area contributed by atoms with Gasteiger partial charge in [0.1, 0.15) is 11.9 Å². The molecule has 0 bridgehead atoms. The van der Waals surface area contributed by atoms with Crippen molar-refractivity contribution in [2.75, 3.05) is 26.2 Å². The minimum Gasteiger partial charge on any atom is -0.355 e. The van der Waals surface area contributed by atoms with Crippen LogP contribution in [0, 0.1) is 12.8 Å². The van der Waals surface area contributed by atoms with Crippen LogP contribution in [0.5, 0.6) is 0 Å². The van der Waals surface area contributed by atoms with Gasteiger partial charge in [0.05, 0.1) is 5.92 Å². The number of piperidine rings is 1. The first-order chi connectivity index (χ1) is 13.6. The van der Waals surface area contributed by atoms with E-state index in [1.165, 1.54) is 0 Å². The van der Waals surface area contributed by atoms with Crippen LogP contribution in [0.1, 0.15) is 30.3 Å². The first-order valence-electron chi connectivity index (χ1n) is 9.65. The maximum atomic E-state index is 13.4. The molecule has 2 atom stereocenters. The van der Waals surface area contributed by atoms with Crippen LogP contribution in [0.15, 0.2) is 30.3 Å². The second-order valence-corrected chi connectivity index (χ2v) is 7.08. The maximum Gasteiger partial charge on any atom is 0.247 e. The Bertz CT molecular complexity index is 799. The summed E-state index contributed by atoms with van der Waals surface area (Å²) >= 11 is 0. The van der Waals surface area contributed by atoms with Crippen molar-refractivity contribution in [1.29, 1.82) is 0 Å². The second-order valence-electron chi connectivity index (χ2n) is 7.08. The minimum atomic E-state index is -0.539. The molecule has 3 N–H and O–H groups in total. The molecular formula is C19H28ClN7O2. The van der Waals surface area contributed by atoms with Crippen molar-refractivity contribution in [1.82, 2.24) is 30.4 Å². The molecule has 29 heavy (non-hydrogen) atoms. The van der Waals surface area contributed by atoms with Gasteiger partial charge in [0, 0.05) is 32.6 Å². The lowest BCUT2D eigenvalue weighted by atomic mass is 9.95. The number of aromatic nitrogens is 4.